The van der Waals surface area contributed by atoms with Crippen LogP contribution in [-0.2, 0) is 113 Å². The molecule has 0 bridgehead atoms. The van der Waals surface area contributed by atoms with Gasteiger partial charge in [-0.25, -0.2) is 24.0 Å². The quantitative estimate of drug-likeness (QED) is 0.0117. The van der Waals surface area contributed by atoms with Gasteiger partial charge in [0.1, 0.15) is 30.2 Å². The van der Waals surface area contributed by atoms with E-state index in [1.807, 2.05) is 93.2 Å². The van der Waals surface area contributed by atoms with Crippen LogP contribution in [0.4, 0.5) is 0 Å². The molecule has 0 spiro atoms. The van der Waals surface area contributed by atoms with Gasteiger partial charge in [-0.1, -0.05) is 160 Å². The predicted octanol–water partition coefficient (Wildman–Crippen LogP) is 20.0. The molecule has 5 aromatic rings. The van der Waals surface area contributed by atoms with E-state index in [4.69, 9.17) is 23.7 Å². The summed E-state index contributed by atoms with van der Waals surface area (Å²) in [5.74, 6) is -2.45. The number of ether oxygens (including phenoxy) is 5. The van der Waals surface area contributed by atoms with Crippen molar-refractivity contribution < 1.29 is 81.2 Å². The van der Waals surface area contributed by atoms with Crippen LogP contribution in [0.2, 0.25) is 0 Å². The lowest BCUT2D eigenvalue weighted by Gasteiger charge is -2.37. The molecular weight excluding hydrogens is 1820 g/mol. The molecular formula is C117H164N10O17. The van der Waals surface area contributed by atoms with E-state index in [2.05, 4.69) is 50.7 Å². The zero-order valence-corrected chi connectivity index (χ0v) is 86.5. The molecule has 0 N–H and O–H groups in total. The number of Topliss-reactive ketones (excluding diaryl/α,β-unsaturated/α-hetero) is 2. The maximum atomic E-state index is 13.1. The summed E-state index contributed by atoms with van der Waals surface area (Å²) in [5.41, 5.74) is 6.66. The summed E-state index contributed by atoms with van der Waals surface area (Å²) in [6, 6.07) is 17.1. The highest BCUT2D eigenvalue weighted by atomic mass is 16.6. The normalized spacial score (nSPS) is 20.8. The minimum atomic E-state index is -0.634. The van der Waals surface area contributed by atoms with Crippen molar-refractivity contribution in [1.82, 2.24) is 49.4 Å². The van der Waals surface area contributed by atoms with Gasteiger partial charge in [0.2, 0.25) is 29.3 Å². The fourth-order valence-electron chi connectivity index (χ4n) is 22.2. The van der Waals surface area contributed by atoms with E-state index in [1.54, 1.807) is 51.9 Å². The number of hydrogen-bond acceptors (Lipinski definition) is 22. The van der Waals surface area contributed by atoms with Gasteiger partial charge in [0.15, 0.2) is 0 Å². The number of hydrogen-bond donors (Lipinski definition) is 0. The first-order valence-corrected chi connectivity index (χ1v) is 55.0. The fraction of sp³-hybridized carbons (Fsp3) is 0.632. The zero-order chi connectivity index (χ0) is 102. The monoisotopic (exact) mass is 1980 g/mol. The molecule has 27 heteroatoms. The van der Waals surface area contributed by atoms with Gasteiger partial charge < -0.3 is 48.2 Å². The fourth-order valence-corrected chi connectivity index (χ4v) is 22.2. The van der Waals surface area contributed by atoms with E-state index in [1.165, 1.54) is 78.7 Å². The van der Waals surface area contributed by atoms with Gasteiger partial charge in [-0.2, -0.15) is 0 Å². The predicted molar refractivity (Wildman–Crippen MR) is 553 cm³/mol. The van der Waals surface area contributed by atoms with Crippen LogP contribution in [0.1, 0.15) is 343 Å². The molecule has 10 aliphatic rings. The number of unbranched alkanes of at least 4 members (excludes halogenated alkanes) is 2. The summed E-state index contributed by atoms with van der Waals surface area (Å²) in [7, 11) is 0. The van der Waals surface area contributed by atoms with E-state index in [-0.39, 0.29) is 76.9 Å². The van der Waals surface area contributed by atoms with Crippen LogP contribution in [-0.4, -0.2) is 216 Å². The molecule has 5 atom stereocenters. The van der Waals surface area contributed by atoms with Crippen molar-refractivity contribution in [3.63, 3.8) is 0 Å². The van der Waals surface area contributed by atoms with Gasteiger partial charge in [0.05, 0.1) is 33.0 Å². The molecule has 5 saturated carbocycles. The first-order chi connectivity index (χ1) is 70.0. The highest BCUT2D eigenvalue weighted by Crippen LogP contribution is 2.41. The Labute approximate surface area is 856 Å². The first kappa shape index (κ1) is 113. The number of carbonyl (C=O) groups is 12. The summed E-state index contributed by atoms with van der Waals surface area (Å²) in [5, 5.41) is 0. The Morgan fingerprint density at radius 2 is 0.465 bits per heavy atom. The molecule has 15 rings (SSSR count). The minimum absolute atomic E-state index is 0.0323. The Morgan fingerprint density at radius 1 is 0.264 bits per heavy atom. The molecule has 10 heterocycles. The highest BCUT2D eigenvalue weighted by Gasteiger charge is 2.47. The number of rotatable bonds is 37. The van der Waals surface area contributed by atoms with Gasteiger partial charge in [0, 0.05) is 122 Å². The number of carbonyl (C=O) groups excluding carboxylic acids is 12. The van der Waals surface area contributed by atoms with Crippen LogP contribution in [0.3, 0.4) is 0 Å². The second kappa shape index (κ2) is 61.5. The average Bonchev–Trinajstić information content (AvgIpc) is 0.791. The third-order valence-electron chi connectivity index (χ3n) is 31.1. The van der Waals surface area contributed by atoms with Crippen LogP contribution < -0.4 is 0 Å². The van der Waals surface area contributed by atoms with Crippen molar-refractivity contribution in [1.29, 1.82) is 0 Å². The number of nitrogens with zero attached hydrogens (tertiary/aromatic N) is 10. The van der Waals surface area contributed by atoms with Crippen molar-refractivity contribution in [3.05, 3.63) is 187 Å². The number of amides is 5. The van der Waals surface area contributed by atoms with Crippen molar-refractivity contribution in [2.75, 3.05) is 65.8 Å². The van der Waals surface area contributed by atoms with Crippen LogP contribution in [0, 0.1) is 28.6 Å². The lowest BCUT2D eigenvalue weighted by Crippen LogP contribution is -2.53. The summed E-state index contributed by atoms with van der Waals surface area (Å²) < 4.78 is 27.6. The second-order valence-electron chi connectivity index (χ2n) is 41.9. The molecule has 10 fully saturated rings. The van der Waals surface area contributed by atoms with Crippen LogP contribution in [0.15, 0.2) is 159 Å². The molecule has 5 unspecified atom stereocenters. The Kier molecular flexibility index (Phi) is 48.4. The number of pyridine rings is 5. The largest absolute Gasteiger partial charge is 0.464 e. The molecule has 0 radical (unpaired) electrons. The standard InChI is InChI=1S/C24H34N2O4.C24H34N2O3.C23H32N2O4.2C23H32N2O3/c1-24(13-5-2-6-14-24)21(27)22(28)26-16-7-3-12-20(26)23(29)30-17-8-4-10-19-11-9-15-25-18-19;1-19(21-12-3-2-4-13-21)23(27)26-16-7-5-14-22(26)24(28)29-17-8-6-10-20-11-9-15-25-18-20;1-23(12-4-2-5-13-23)20(26)21(27)25-15-6-3-11-19(25)22(28)29-16-8-10-18-9-7-14-24-17-18;2*1-18(20-11-3-2-4-12-20)22(26)25-15-6-5-13-21(25)23(27)28-16-8-10-19-9-7-14-24-17-19/h9,11,15,18,20H,2-8,10,12-14,16-17H2,1H3;9,11,15,18,21-22H,1-8,10,12-14,16-17H2;7,9,14,17,19H,2-6,8,10-13,15-16H2,1H3;2*7,9,14,17,20-21H,1-6,8,10-13,15-16H2. The second-order valence-corrected chi connectivity index (χ2v) is 41.9. The lowest BCUT2D eigenvalue weighted by molar-refractivity contribution is -0.161. The maximum Gasteiger partial charge on any atom is 0.328 e. The zero-order valence-electron chi connectivity index (χ0n) is 86.5. The van der Waals surface area contributed by atoms with E-state index in [0.717, 1.165) is 254 Å². The van der Waals surface area contributed by atoms with Gasteiger partial charge in [0.25, 0.3) is 11.8 Å². The number of likely N-dealkylation sites (tertiary alicyclic amines) is 5. The molecule has 27 nitrogen and oxygen atoms in total. The van der Waals surface area contributed by atoms with Crippen molar-refractivity contribution in [3.8, 4) is 0 Å². The third kappa shape index (κ3) is 35.7. The van der Waals surface area contributed by atoms with Gasteiger partial charge in [-0.15, -0.1) is 0 Å². The molecule has 5 amide bonds. The molecule has 5 aliphatic heterocycles. The summed E-state index contributed by atoms with van der Waals surface area (Å²) in [6.07, 6.45) is 66.4. The smallest absolute Gasteiger partial charge is 0.328 e. The Balaban J connectivity index is 0.000000172. The average molecular weight is 1980 g/mol. The van der Waals surface area contributed by atoms with Gasteiger partial charge in [-0.05, 0) is 313 Å². The molecule has 5 aliphatic carbocycles. The van der Waals surface area contributed by atoms with E-state index in [9.17, 15) is 57.5 Å². The van der Waals surface area contributed by atoms with Gasteiger partial charge >= 0.3 is 29.8 Å². The van der Waals surface area contributed by atoms with Crippen molar-refractivity contribution >= 4 is 70.9 Å². The summed E-state index contributed by atoms with van der Waals surface area (Å²) in [6.45, 7) is 20.7. The lowest BCUT2D eigenvalue weighted by atomic mass is 9.72. The Hall–Kier alpha value is -11.0. The van der Waals surface area contributed by atoms with Crippen LogP contribution in [0.25, 0.3) is 0 Å². The Morgan fingerprint density at radius 3 is 0.688 bits per heavy atom. The number of piperidine rings is 5. The first-order valence-electron chi connectivity index (χ1n) is 55.0. The van der Waals surface area contributed by atoms with E-state index >= 15 is 0 Å². The number of esters is 5. The Bertz CT molecular complexity index is 4740. The summed E-state index contributed by atoms with van der Waals surface area (Å²) >= 11 is 0. The third-order valence-corrected chi connectivity index (χ3v) is 31.1. The molecule has 784 valence electrons. The number of aromatic nitrogens is 5. The molecule has 0 aromatic carbocycles. The molecule has 144 heavy (non-hydrogen) atoms. The minimum Gasteiger partial charge on any atom is -0.464 e. The SMILES string of the molecule is C=C(C(=O)N1CCCCC1C(=O)OCCCCc1cccnc1)C1CCCCC1.C=C(C(=O)N1CCCCC1C(=O)OCCCc1cccnc1)C1CCCCC1.C=C(C(=O)N1CCCCC1C(=O)OCCCc1cccnc1)C1CCCCC1.CC1(C(=O)C(=O)N2CCCCC2C(=O)OCCCCc2cccnc2)CCCCC1.CC1(C(=O)C(=O)N2CCCCC2C(=O)OCCCc2cccnc2)CCCCC1. The summed E-state index contributed by atoms with van der Waals surface area (Å²) in [4.78, 5) is 183. The van der Waals surface area contributed by atoms with E-state index < -0.39 is 52.9 Å². The topological polar surface area (TPSA) is 332 Å². The van der Waals surface area contributed by atoms with Crippen molar-refractivity contribution in [2.24, 2.45) is 28.6 Å². The van der Waals surface area contributed by atoms with Gasteiger partial charge in [-0.3, -0.25) is 58.5 Å². The highest BCUT2D eigenvalue weighted by molar-refractivity contribution is 6.39. The maximum absolute atomic E-state index is 13.1. The van der Waals surface area contributed by atoms with Crippen LogP contribution >= 0.6 is 0 Å². The van der Waals surface area contributed by atoms with Crippen molar-refractivity contribution in [2.45, 2.75) is 378 Å². The number of aryl methyl sites for hydroxylation is 5. The molecule has 5 aromatic heterocycles. The molecule has 5 saturated heterocycles. The number of ketones is 2. The van der Waals surface area contributed by atoms with E-state index in [0.29, 0.717) is 121 Å². The van der Waals surface area contributed by atoms with Crippen LogP contribution in [0.5, 0.6) is 0 Å².